The third-order valence-electron chi connectivity index (χ3n) is 4.61. The van der Waals surface area contributed by atoms with Gasteiger partial charge in [-0.1, -0.05) is 32.0 Å². The van der Waals surface area contributed by atoms with Gasteiger partial charge in [0.05, 0.1) is 24.2 Å². The normalized spacial score (nSPS) is 12.0. The molecule has 0 aliphatic heterocycles. The fraction of sp³-hybridized carbons (Fsp3) is 0.318. The van der Waals surface area contributed by atoms with Crippen molar-refractivity contribution in [3.05, 3.63) is 54.4 Å². The summed E-state index contributed by atoms with van der Waals surface area (Å²) in [5.41, 5.74) is 2.28. The Hall–Kier alpha value is -3.35. The maximum Gasteiger partial charge on any atom is 0.244 e. The van der Waals surface area contributed by atoms with Crippen LogP contribution in [0.25, 0.3) is 11.0 Å². The molecule has 29 heavy (non-hydrogen) atoms. The zero-order valence-corrected chi connectivity index (χ0v) is 17.1. The highest BCUT2D eigenvalue weighted by atomic mass is 16.5. The minimum absolute atomic E-state index is 0.0584. The fourth-order valence-corrected chi connectivity index (χ4v) is 3.08. The summed E-state index contributed by atoms with van der Waals surface area (Å²) in [4.78, 5) is 29.5. The first-order chi connectivity index (χ1) is 13.9. The Morgan fingerprint density at radius 2 is 1.86 bits per heavy atom. The molecule has 0 aliphatic carbocycles. The van der Waals surface area contributed by atoms with E-state index in [-0.39, 0.29) is 30.3 Å². The molecule has 1 atom stereocenters. The smallest absolute Gasteiger partial charge is 0.244 e. The highest BCUT2D eigenvalue weighted by Gasteiger charge is 2.21. The molecule has 0 fully saturated rings. The van der Waals surface area contributed by atoms with E-state index in [0.29, 0.717) is 17.3 Å². The van der Waals surface area contributed by atoms with E-state index >= 15 is 0 Å². The first kappa shape index (κ1) is 20.4. The van der Waals surface area contributed by atoms with Crippen LogP contribution in [-0.4, -0.2) is 28.5 Å². The van der Waals surface area contributed by atoms with Crippen LogP contribution >= 0.6 is 0 Å². The number of carbonyl (C=O) groups excluding carboxylic acids is 2. The van der Waals surface area contributed by atoms with Crippen molar-refractivity contribution in [2.24, 2.45) is 5.92 Å². The number of ether oxygens (including phenoxy) is 1. The Morgan fingerprint density at radius 3 is 2.59 bits per heavy atom. The summed E-state index contributed by atoms with van der Waals surface area (Å²) < 4.78 is 7.04. The molecule has 2 amide bonds. The molecule has 2 aromatic carbocycles. The summed E-state index contributed by atoms with van der Waals surface area (Å²) in [6.45, 7) is 5.63. The molecule has 0 spiro atoms. The topological polar surface area (TPSA) is 85.2 Å². The molecule has 152 valence electrons. The van der Waals surface area contributed by atoms with Crippen molar-refractivity contribution in [2.45, 2.75) is 33.4 Å². The van der Waals surface area contributed by atoms with Gasteiger partial charge in [-0.25, -0.2) is 4.98 Å². The van der Waals surface area contributed by atoms with Crippen LogP contribution in [-0.2, 0) is 16.1 Å². The summed E-state index contributed by atoms with van der Waals surface area (Å²) in [6.07, 6.45) is 0. The number of nitrogens with one attached hydrogen (secondary N) is 2. The van der Waals surface area contributed by atoms with Gasteiger partial charge in [-0.05, 0) is 31.2 Å². The van der Waals surface area contributed by atoms with Crippen molar-refractivity contribution in [1.82, 2.24) is 14.9 Å². The van der Waals surface area contributed by atoms with Gasteiger partial charge in [0, 0.05) is 17.7 Å². The van der Waals surface area contributed by atoms with Crippen LogP contribution in [0.1, 0.15) is 32.6 Å². The second-order valence-corrected chi connectivity index (χ2v) is 7.21. The first-order valence-electron chi connectivity index (χ1n) is 9.58. The molecule has 0 saturated heterocycles. The van der Waals surface area contributed by atoms with Crippen LogP contribution in [0, 0.1) is 5.92 Å². The average Bonchev–Trinajstić information content (AvgIpc) is 3.06. The van der Waals surface area contributed by atoms with Crippen molar-refractivity contribution >= 4 is 28.5 Å². The zero-order valence-electron chi connectivity index (χ0n) is 17.1. The lowest BCUT2D eigenvalue weighted by Gasteiger charge is -2.17. The number of anilines is 1. The maximum absolute atomic E-state index is 12.7. The molecule has 0 aliphatic rings. The Kier molecular flexibility index (Phi) is 6.16. The van der Waals surface area contributed by atoms with Gasteiger partial charge >= 0.3 is 0 Å². The van der Waals surface area contributed by atoms with Gasteiger partial charge in [0.1, 0.15) is 18.1 Å². The van der Waals surface area contributed by atoms with Crippen molar-refractivity contribution in [3.63, 3.8) is 0 Å². The van der Waals surface area contributed by atoms with Crippen LogP contribution in [0.15, 0.2) is 48.5 Å². The number of nitrogens with zero attached hydrogens (tertiary/aromatic N) is 2. The van der Waals surface area contributed by atoms with Crippen LogP contribution in [0.5, 0.6) is 5.75 Å². The third-order valence-corrected chi connectivity index (χ3v) is 4.61. The van der Waals surface area contributed by atoms with Crippen molar-refractivity contribution in [3.8, 4) is 5.75 Å². The Labute approximate surface area is 170 Å². The van der Waals surface area contributed by atoms with Crippen molar-refractivity contribution in [2.75, 3.05) is 12.4 Å². The van der Waals surface area contributed by atoms with Crippen LogP contribution < -0.4 is 15.4 Å². The number of carbonyl (C=O) groups is 2. The van der Waals surface area contributed by atoms with Gasteiger partial charge in [0.15, 0.2) is 0 Å². The number of aromatic nitrogens is 2. The summed E-state index contributed by atoms with van der Waals surface area (Å²) >= 11 is 0. The molecule has 3 rings (SSSR count). The number of fused-ring (bicyclic) bond motifs is 1. The second kappa shape index (κ2) is 8.77. The lowest BCUT2D eigenvalue weighted by molar-refractivity contribution is -0.124. The first-order valence-corrected chi connectivity index (χ1v) is 9.58. The van der Waals surface area contributed by atoms with E-state index < -0.39 is 0 Å². The SMILES string of the molecule is COc1cccc(NC(=O)Cn2c(C(C)NC(=O)C(C)C)nc3ccccc32)c1. The molecule has 1 unspecified atom stereocenters. The molecule has 0 radical (unpaired) electrons. The van der Waals surface area contributed by atoms with Gasteiger partial charge in [0.2, 0.25) is 11.8 Å². The van der Waals surface area contributed by atoms with E-state index in [2.05, 4.69) is 15.6 Å². The molecule has 7 nitrogen and oxygen atoms in total. The van der Waals surface area contributed by atoms with Gasteiger partial charge in [-0.2, -0.15) is 0 Å². The van der Waals surface area contributed by atoms with E-state index in [9.17, 15) is 9.59 Å². The Bertz CT molecular complexity index is 1030. The summed E-state index contributed by atoms with van der Waals surface area (Å²) in [7, 11) is 1.58. The van der Waals surface area contributed by atoms with Gasteiger partial charge in [-0.15, -0.1) is 0 Å². The van der Waals surface area contributed by atoms with Crippen molar-refractivity contribution < 1.29 is 14.3 Å². The van der Waals surface area contributed by atoms with E-state index in [4.69, 9.17) is 4.74 Å². The molecule has 0 bridgehead atoms. The van der Waals surface area contributed by atoms with Crippen LogP contribution in [0.4, 0.5) is 5.69 Å². The number of imidazole rings is 1. The lowest BCUT2D eigenvalue weighted by Crippen LogP contribution is -2.32. The predicted molar refractivity (Wildman–Crippen MR) is 113 cm³/mol. The fourth-order valence-electron chi connectivity index (χ4n) is 3.08. The molecule has 0 saturated carbocycles. The highest BCUT2D eigenvalue weighted by molar-refractivity contribution is 5.92. The van der Waals surface area contributed by atoms with Crippen LogP contribution in [0.3, 0.4) is 0 Å². The van der Waals surface area contributed by atoms with E-state index in [1.54, 1.807) is 19.2 Å². The van der Waals surface area contributed by atoms with Gasteiger partial charge in [0.25, 0.3) is 0 Å². The summed E-state index contributed by atoms with van der Waals surface area (Å²) in [6, 6.07) is 14.5. The van der Waals surface area contributed by atoms with Crippen LogP contribution in [0.2, 0.25) is 0 Å². The molecule has 2 N–H and O–H groups in total. The Balaban J connectivity index is 1.86. The third kappa shape index (κ3) is 4.74. The molecule has 1 heterocycles. The highest BCUT2D eigenvalue weighted by Crippen LogP contribution is 2.22. The number of amides is 2. The number of methoxy groups -OCH3 is 1. The number of benzene rings is 2. The molecular formula is C22H26N4O3. The maximum atomic E-state index is 12.7. The van der Waals surface area contributed by atoms with E-state index in [0.717, 1.165) is 11.0 Å². The largest absolute Gasteiger partial charge is 0.497 e. The zero-order chi connectivity index (χ0) is 21.0. The monoisotopic (exact) mass is 394 g/mol. The molecular weight excluding hydrogens is 368 g/mol. The summed E-state index contributed by atoms with van der Waals surface area (Å²) in [5, 5.41) is 5.85. The predicted octanol–water partition coefficient (Wildman–Crippen LogP) is 3.52. The molecule has 3 aromatic rings. The number of para-hydroxylation sites is 2. The standard InChI is InChI=1S/C22H26N4O3/c1-14(2)22(28)23-15(3)21-25-18-10-5-6-11-19(18)26(21)13-20(27)24-16-8-7-9-17(12-16)29-4/h5-12,14-15H,13H2,1-4H3,(H,23,28)(H,24,27). The minimum Gasteiger partial charge on any atom is -0.497 e. The van der Waals surface area contributed by atoms with Gasteiger partial charge < -0.3 is 19.9 Å². The van der Waals surface area contributed by atoms with E-state index in [1.807, 2.05) is 61.7 Å². The molecule has 1 aromatic heterocycles. The lowest BCUT2D eigenvalue weighted by atomic mass is 10.2. The quantitative estimate of drug-likeness (QED) is 0.642. The van der Waals surface area contributed by atoms with Crippen molar-refractivity contribution in [1.29, 1.82) is 0 Å². The average molecular weight is 394 g/mol. The number of hydrogen-bond acceptors (Lipinski definition) is 4. The Morgan fingerprint density at radius 1 is 1.10 bits per heavy atom. The van der Waals surface area contributed by atoms with E-state index in [1.165, 1.54) is 0 Å². The second-order valence-electron chi connectivity index (χ2n) is 7.21. The molecule has 7 heteroatoms. The number of hydrogen-bond donors (Lipinski definition) is 2. The minimum atomic E-state index is -0.332. The van der Waals surface area contributed by atoms with Gasteiger partial charge in [-0.3, -0.25) is 9.59 Å². The summed E-state index contributed by atoms with van der Waals surface area (Å²) in [5.74, 6) is 0.927. The number of rotatable bonds is 7.